The number of carbonyl (C=O) groups excluding carboxylic acids is 1. The van der Waals surface area contributed by atoms with E-state index in [1.54, 1.807) is 7.11 Å². The van der Waals surface area contributed by atoms with E-state index in [9.17, 15) is 4.79 Å². The fourth-order valence-corrected chi connectivity index (χ4v) is 2.63. The Kier molecular flexibility index (Phi) is 4.89. The molecule has 0 aliphatic rings. The van der Waals surface area contributed by atoms with Crippen molar-refractivity contribution in [3.05, 3.63) is 41.2 Å². The fraction of sp³-hybridized carbons (Fsp3) is 0.333. The van der Waals surface area contributed by atoms with Crippen LogP contribution >= 0.6 is 0 Å². The maximum atomic E-state index is 11.4. The van der Waals surface area contributed by atoms with Crippen molar-refractivity contribution in [2.45, 2.75) is 20.8 Å². The zero-order valence-electron chi connectivity index (χ0n) is 14.4. The molecule has 0 radical (unpaired) electrons. The van der Waals surface area contributed by atoms with Gasteiger partial charge in [0, 0.05) is 29.9 Å². The first-order chi connectivity index (χ1) is 10.9. The van der Waals surface area contributed by atoms with E-state index in [0.717, 1.165) is 39.4 Å². The van der Waals surface area contributed by atoms with Crippen molar-refractivity contribution in [1.82, 2.24) is 9.78 Å². The molecule has 122 valence electrons. The molecule has 0 N–H and O–H groups in total. The summed E-state index contributed by atoms with van der Waals surface area (Å²) in [4.78, 5) is 11.4. The third-order valence-corrected chi connectivity index (χ3v) is 3.97. The second-order valence-electron chi connectivity index (χ2n) is 5.43. The Bertz CT molecular complexity index is 773. The molecule has 2 aromatic rings. The van der Waals surface area contributed by atoms with Gasteiger partial charge in [0.15, 0.2) is 0 Å². The summed E-state index contributed by atoms with van der Waals surface area (Å²) >= 11 is 0. The van der Waals surface area contributed by atoms with Crippen molar-refractivity contribution in [3.63, 3.8) is 0 Å². The Morgan fingerprint density at radius 1 is 1.26 bits per heavy atom. The van der Waals surface area contributed by atoms with Gasteiger partial charge in [0.1, 0.15) is 5.75 Å². The summed E-state index contributed by atoms with van der Waals surface area (Å²) in [6.07, 6.45) is 1.48. The van der Waals surface area contributed by atoms with Crippen LogP contribution in [0.15, 0.2) is 24.3 Å². The minimum absolute atomic E-state index is 0.367. The molecule has 0 saturated carbocycles. The molecular weight excluding hydrogens is 292 g/mol. The zero-order valence-corrected chi connectivity index (χ0v) is 14.4. The molecule has 0 bridgehead atoms. The van der Waals surface area contributed by atoms with E-state index >= 15 is 0 Å². The Morgan fingerprint density at radius 2 is 1.96 bits per heavy atom. The van der Waals surface area contributed by atoms with Crippen LogP contribution in [0.25, 0.3) is 16.7 Å². The van der Waals surface area contributed by atoms with Gasteiger partial charge in [-0.2, -0.15) is 5.10 Å². The molecule has 0 aliphatic carbocycles. The number of methoxy groups -OCH3 is 2. The number of rotatable bonds is 4. The van der Waals surface area contributed by atoms with E-state index in [0.29, 0.717) is 0 Å². The van der Waals surface area contributed by atoms with E-state index < -0.39 is 0 Å². The van der Waals surface area contributed by atoms with Crippen LogP contribution in [-0.2, 0) is 16.6 Å². The smallest absolute Gasteiger partial charge is 0.330 e. The van der Waals surface area contributed by atoms with Gasteiger partial charge in [-0.1, -0.05) is 6.07 Å². The van der Waals surface area contributed by atoms with Crippen LogP contribution in [0.1, 0.15) is 23.9 Å². The van der Waals surface area contributed by atoms with Gasteiger partial charge in [0.25, 0.3) is 0 Å². The number of aryl methyl sites for hydroxylation is 2. The number of hydrogen-bond acceptors (Lipinski definition) is 4. The first kappa shape index (κ1) is 16.8. The van der Waals surface area contributed by atoms with Crippen molar-refractivity contribution in [3.8, 4) is 16.9 Å². The van der Waals surface area contributed by atoms with Crippen molar-refractivity contribution < 1.29 is 14.3 Å². The summed E-state index contributed by atoms with van der Waals surface area (Å²) in [7, 11) is 4.94. The Hall–Kier alpha value is -2.56. The zero-order chi connectivity index (χ0) is 17.1. The number of esters is 1. The molecule has 1 aromatic heterocycles. The maximum absolute atomic E-state index is 11.4. The third-order valence-electron chi connectivity index (χ3n) is 3.97. The second kappa shape index (κ2) is 6.69. The summed E-state index contributed by atoms with van der Waals surface area (Å²) in [5, 5.41) is 4.47. The Morgan fingerprint density at radius 3 is 2.48 bits per heavy atom. The lowest BCUT2D eigenvalue weighted by Crippen LogP contribution is -1.97. The lowest BCUT2D eigenvalue weighted by molar-refractivity contribution is -0.134. The van der Waals surface area contributed by atoms with Gasteiger partial charge in [0.2, 0.25) is 0 Å². The topological polar surface area (TPSA) is 53.4 Å². The molecule has 0 aliphatic heterocycles. The standard InChI is InChI=1S/C18H22N2O3/c1-11(9-17(21)23-6)14-7-8-16(22-5)15(10-14)18-12(2)19-20(4)13(18)3/h7-10H,1-6H3/b11-9+. The minimum Gasteiger partial charge on any atom is -0.496 e. The van der Waals surface area contributed by atoms with Crippen LogP contribution in [0.2, 0.25) is 0 Å². The van der Waals surface area contributed by atoms with Gasteiger partial charge >= 0.3 is 5.97 Å². The van der Waals surface area contributed by atoms with Gasteiger partial charge in [-0.25, -0.2) is 4.79 Å². The molecule has 1 heterocycles. The maximum Gasteiger partial charge on any atom is 0.330 e. The molecule has 2 rings (SSSR count). The molecule has 23 heavy (non-hydrogen) atoms. The first-order valence-corrected chi connectivity index (χ1v) is 7.34. The van der Waals surface area contributed by atoms with Gasteiger partial charge in [-0.15, -0.1) is 0 Å². The normalized spacial score (nSPS) is 11.5. The van der Waals surface area contributed by atoms with E-state index in [-0.39, 0.29) is 5.97 Å². The molecule has 0 amide bonds. The minimum atomic E-state index is -0.367. The van der Waals surface area contributed by atoms with Crippen molar-refractivity contribution in [2.24, 2.45) is 7.05 Å². The molecule has 0 fully saturated rings. The van der Waals surface area contributed by atoms with E-state index in [1.165, 1.54) is 13.2 Å². The van der Waals surface area contributed by atoms with Gasteiger partial charge in [-0.05, 0) is 44.0 Å². The predicted molar refractivity (Wildman–Crippen MR) is 90.3 cm³/mol. The van der Waals surface area contributed by atoms with Crippen LogP contribution in [0.4, 0.5) is 0 Å². The summed E-state index contributed by atoms with van der Waals surface area (Å²) in [5.74, 6) is 0.410. The molecule has 0 saturated heterocycles. The van der Waals surface area contributed by atoms with Crippen molar-refractivity contribution >= 4 is 11.5 Å². The summed E-state index contributed by atoms with van der Waals surface area (Å²) in [6.45, 7) is 5.88. The number of carbonyl (C=O) groups is 1. The highest BCUT2D eigenvalue weighted by Crippen LogP contribution is 2.36. The van der Waals surface area contributed by atoms with Crippen LogP contribution in [0.5, 0.6) is 5.75 Å². The monoisotopic (exact) mass is 314 g/mol. The highest BCUT2D eigenvalue weighted by molar-refractivity contribution is 5.91. The van der Waals surface area contributed by atoms with Gasteiger partial charge < -0.3 is 9.47 Å². The number of aromatic nitrogens is 2. The van der Waals surface area contributed by atoms with E-state index in [2.05, 4.69) is 5.10 Å². The number of nitrogens with zero attached hydrogens (tertiary/aromatic N) is 2. The SMILES string of the molecule is COC(=O)/C=C(\C)c1ccc(OC)c(-c2c(C)nn(C)c2C)c1. The van der Waals surface area contributed by atoms with Gasteiger partial charge in [0.05, 0.1) is 19.9 Å². The molecule has 0 spiro atoms. The van der Waals surface area contributed by atoms with Crippen molar-refractivity contribution in [1.29, 1.82) is 0 Å². The van der Waals surface area contributed by atoms with E-state index in [4.69, 9.17) is 9.47 Å². The fourth-order valence-electron chi connectivity index (χ4n) is 2.63. The third kappa shape index (κ3) is 3.28. The molecule has 5 heteroatoms. The first-order valence-electron chi connectivity index (χ1n) is 7.34. The van der Waals surface area contributed by atoms with Gasteiger partial charge in [-0.3, -0.25) is 4.68 Å². The van der Waals surface area contributed by atoms with Crippen molar-refractivity contribution in [2.75, 3.05) is 14.2 Å². The van der Waals surface area contributed by atoms with E-state index in [1.807, 2.05) is 50.7 Å². The second-order valence-corrected chi connectivity index (χ2v) is 5.43. The van der Waals surface area contributed by atoms with Crippen LogP contribution in [0, 0.1) is 13.8 Å². The average molecular weight is 314 g/mol. The molecular formula is C18H22N2O3. The highest BCUT2D eigenvalue weighted by atomic mass is 16.5. The summed E-state index contributed by atoms with van der Waals surface area (Å²) in [5.41, 5.74) is 5.79. The number of allylic oxidation sites excluding steroid dienone is 1. The summed E-state index contributed by atoms with van der Waals surface area (Å²) in [6, 6.07) is 5.86. The quantitative estimate of drug-likeness (QED) is 0.642. The van der Waals surface area contributed by atoms with Crippen LogP contribution < -0.4 is 4.74 Å². The predicted octanol–water partition coefficient (Wildman–Crippen LogP) is 3.29. The average Bonchev–Trinajstić information content (AvgIpc) is 2.79. The molecule has 5 nitrogen and oxygen atoms in total. The Labute approximate surface area is 136 Å². The largest absolute Gasteiger partial charge is 0.496 e. The van der Waals surface area contributed by atoms with Crippen LogP contribution in [-0.4, -0.2) is 30.0 Å². The Balaban J connectivity index is 2.61. The van der Waals surface area contributed by atoms with Crippen LogP contribution in [0.3, 0.4) is 0 Å². The number of benzene rings is 1. The molecule has 0 atom stereocenters. The summed E-state index contributed by atoms with van der Waals surface area (Å²) < 4.78 is 12.1. The lowest BCUT2D eigenvalue weighted by atomic mass is 9.97. The number of hydrogen-bond donors (Lipinski definition) is 0. The number of ether oxygens (including phenoxy) is 2. The lowest BCUT2D eigenvalue weighted by Gasteiger charge is -2.12. The highest BCUT2D eigenvalue weighted by Gasteiger charge is 2.16. The molecule has 0 unspecified atom stereocenters. The molecule has 1 aromatic carbocycles.